The van der Waals surface area contributed by atoms with Gasteiger partial charge >= 0.3 is 0 Å². The van der Waals surface area contributed by atoms with Crippen LogP contribution in [0.2, 0.25) is 0 Å². The van der Waals surface area contributed by atoms with E-state index < -0.39 is 0 Å². The molecule has 2 aliphatic rings. The van der Waals surface area contributed by atoms with E-state index in [0.29, 0.717) is 5.58 Å². The summed E-state index contributed by atoms with van der Waals surface area (Å²) >= 11 is 0. The monoisotopic (exact) mass is 268 g/mol. The molecule has 3 rings (SSSR count). The highest BCUT2D eigenvalue weighted by molar-refractivity contribution is 5.81. The zero-order valence-electron chi connectivity index (χ0n) is 11.9. The number of nitrogens with two attached hydrogens (primary N) is 1. The maximum absolute atomic E-state index is 5.94. The van der Waals surface area contributed by atoms with Crippen LogP contribution in [0.25, 0.3) is 22.6 Å². The number of benzene rings is 2. The van der Waals surface area contributed by atoms with Crippen LogP contribution in [-0.2, 0) is 0 Å². The Balaban J connectivity index is 2.37. The normalized spacial score (nSPS) is 12.4. The van der Waals surface area contributed by atoms with Crippen molar-refractivity contribution in [2.45, 2.75) is 20.8 Å². The number of nitrogens with zero attached hydrogens (tertiary/aromatic N) is 1. The van der Waals surface area contributed by atoms with Gasteiger partial charge in [0.1, 0.15) is 17.8 Å². The van der Waals surface area contributed by atoms with Crippen molar-refractivity contribution in [3.8, 4) is 11.5 Å². The lowest BCUT2D eigenvalue weighted by Crippen LogP contribution is -2.76. The van der Waals surface area contributed by atoms with Gasteiger partial charge in [-0.15, -0.1) is 0 Å². The van der Waals surface area contributed by atoms with Crippen LogP contribution in [0.3, 0.4) is 0 Å². The maximum Gasteiger partial charge on any atom is 0.205 e. The van der Waals surface area contributed by atoms with Gasteiger partial charge in [0.05, 0.1) is 6.07 Å². The number of hydrogen-bond donors (Lipinski definition) is 2. The molecular weight excluding hydrogens is 250 g/mol. The van der Waals surface area contributed by atoms with E-state index in [1.165, 1.54) is 0 Å². The van der Waals surface area contributed by atoms with Gasteiger partial charge < -0.3 is 10.2 Å². The summed E-state index contributed by atoms with van der Waals surface area (Å²) in [5.41, 5.74) is 11.2. The lowest BCUT2D eigenvalue weighted by Gasteiger charge is -2.08. The average molecular weight is 268 g/mol. The molecule has 1 aromatic rings. The predicted molar refractivity (Wildman–Crippen MR) is 79.2 cm³/mol. The number of nitrogen functional groups attached to an aromatic ring is 1. The standard InChI is InChI=1S/C16H17N3O/c1-4-18-12-8-16-14(6-10(12)3)19-13-5-9(2)11(17)7-15(13)20-16/h5-8H,4,17H2,1-3H3/p+1. The first-order valence-corrected chi connectivity index (χ1v) is 6.76. The zero-order chi connectivity index (χ0) is 14.3. The SMILES string of the molecule is CC[NH+]=c1cc2oc3cc(N)c(C)cc3nc-2cc1C. The third-order valence-electron chi connectivity index (χ3n) is 3.48. The Labute approximate surface area is 117 Å². The van der Waals surface area contributed by atoms with Crippen molar-refractivity contribution in [3.05, 3.63) is 40.7 Å². The number of hydrogen-bond acceptors (Lipinski definition) is 3. The van der Waals surface area contributed by atoms with Gasteiger partial charge in [-0.25, -0.2) is 9.98 Å². The Bertz CT molecular complexity index is 833. The van der Waals surface area contributed by atoms with Crippen molar-refractivity contribution >= 4 is 16.8 Å². The Morgan fingerprint density at radius 1 is 1.15 bits per heavy atom. The van der Waals surface area contributed by atoms with Gasteiger partial charge in [-0.2, -0.15) is 0 Å². The molecule has 0 amide bonds. The van der Waals surface area contributed by atoms with E-state index in [9.17, 15) is 0 Å². The number of aryl methyl sites for hydroxylation is 2. The second-order valence-corrected chi connectivity index (χ2v) is 5.06. The van der Waals surface area contributed by atoms with Gasteiger partial charge in [0, 0.05) is 17.3 Å². The van der Waals surface area contributed by atoms with Crippen LogP contribution in [0.1, 0.15) is 18.1 Å². The Morgan fingerprint density at radius 3 is 2.70 bits per heavy atom. The zero-order valence-corrected chi connectivity index (χ0v) is 11.9. The number of fused-ring (bicyclic) bond motifs is 2. The number of nitrogens with one attached hydrogen (secondary N) is 1. The predicted octanol–water partition coefficient (Wildman–Crippen LogP) is 1.13. The molecule has 0 aromatic heterocycles. The molecule has 0 radical (unpaired) electrons. The summed E-state index contributed by atoms with van der Waals surface area (Å²) in [5, 5.41) is 1.07. The lowest BCUT2D eigenvalue weighted by atomic mass is 10.1. The summed E-state index contributed by atoms with van der Waals surface area (Å²) in [5.74, 6) is 0.766. The van der Waals surface area contributed by atoms with Crippen LogP contribution in [0.5, 0.6) is 0 Å². The number of rotatable bonds is 1. The highest BCUT2D eigenvalue weighted by Gasteiger charge is 2.13. The second-order valence-electron chi connectivity index (χ2n) is 5.06. The molecule has 4 heteroatoms. The summed E-state index contributed by atoms with van der Waals surface area (Å²) in [6.07, 6.45) is 0. The molecule has 0 bridgehead atoms. The molecule has 0 spiro atoms. The average Bonchev–Trinajstić information content (AvgIpc) is 2.40. The molecule has 3 N–H and O–H groups in total. The van der Waals surface area contributed by atoms with Crippen molar-refractivity contribution in [2.75, 3.05) is 12.3 Å². The minimum absolute atomic E-state index is 0.715. The number of anilines is 1. The van der Waals surface area contributed by atoms with E-state index in [2.05, 4.69) is 23.8 Å². The lowest BCUT2D eigenvalue weighted by molar-refractivity contribution is -0.496. The van der Waals surface area contributed by atoms with E-state index in [0.717, 1.165) is 45.7 Å². The molecule has 0 saturated carbocycles. The van der Waals surface area contributed by atoms with Crippen molar-refractivity contribution in [1.29, 1.82) is 0 Å². The van der Waals surface area contributed by atoms with Gasteiger partial charge in [0.2, 0.25) is 5.36 Å². The molecule has 1 heterocycles. The summed E-state index contributed by atoms with van der Waals surface area (Å²) in [6.45, 7) is 6.99. The Hall–Kier alpha value is -2.36. The maximum atomic E-state index is 5.94. The fourth-order valence-corrected chi connectivity index (χ4v) is 2.33. The van der Waals surface area contributed by atoms with E-state index in [1.807, 2.05) is 31.2 Å². The largest absolute Gasteiger partial charge is 0.452 e. The van der Waals surface area contributed by atoms with Crippen molar-refractivity contribution in [1.82, 2.24) is 4.98 Å². The molecule has 20 heavy (non-hydrogen) atoms. The first kappa shape index (κ1) is 12.7. The minimum Gasteiger partial charge on any atom is -0.452 e. The van der Waals surface area contributed by atoms with Gasteiger partial charge in [-0.05, 0) is 38.5 Å². The fraction of sp³-hybridized carbons (Fsp3) is 0.250. The molecule has 1 aliphatic heterocycles. The van der Waals surface area contributed by atoms with Crippen LogP contribution in [0.4, 0.5) is 5.69 Å². The molecule has 1 aromatic carbocycles. The highest BCUT2D eigenvalue weighted by Crippen LogP contribution is 2.27. The molecule has 0 atom stereocenters. The van der Waals surface area contributed by atoms with Crippen LogP contribution in [0.15, 0.2) is 28.7 Å². The van der Waals surface area contributed by atoms with Crippen LogP contribution < -0.4 is 16.1 Å². The smallest absolute Gasteiger partial charge is 0.205 e. The fourth-order valence-electron chi connectivity index (χ4n) is 2.33. The van der Waals surface area contributed by atoms with Gasteiger partial charge in [-0.1, -0.05) is 0 Å². The first-order chi connectivity index (χ1) is 9.58. The van der Waals surface area contributed by atoms with E-state index in [4.69, 9.17) is 10.2 Å². The molecule has 4 nitrogen and oxygen atoms in total. The van der Waals surface area contributed by atoms with Crippen LogP contribution in [-0.4, -0.2) is 11.5 Å². The van der Waals surface area contributed by atoms with Gasteiger partial charge in [0.25, 0.3) is 0 Å². The van der Waals surface area contributed by atoms with Gasteiger partial charge in [0.15, 0.2) is 11.3 Å². The van der Waals surface area contributed by atoms with Crippen molar-refractivity contribution in [3.63, 3.8) is 0 Å². The Morgan fingerprint density at radius 2 is 1.95 bits per heavy atom. The summed E-state index contributed by atoms with van der Waals surface area (Å²) in [7, 11) is 0. The molecule has 0 fully saturated rings. The number of aromatic nitrogens is 1. The van der Waals surface area contributed by atoms with E-state index in [1.54, 1.807) is 0 Å². The molecule has 102 valence electrons. The third kappa shape index (κ3) is 2.03. The molecule has 1 aliphatic carbocycles. The van der Waals surface area contributed by atoms with Crippen molar-refractivity contribution in [2.24, 2.45) is 0 Å². The summed E-state index contributed by atoms with van der Waals surface area (Å²) in [6, 6.07) is 7.84. The topological polar surface area (TPSA) is 66.0 Å². The first-order valence-electron chi connectivity index (χ1n) is 6.76. The third-order valence-corrected chi connectivity index (χ3v) is 3.48. The van der Waals surface area contributed by atoms with Crippen LogP contribution in [0, 0.1) is 13.8 Å². The van der Waals surface area contributed by atoms with Crippen LogP contribution >= 0.6 is 0 Å². The van der Waals surface area contributed by atoms with E-state index in [-0.39, 0.29) is 0 Å². The minimum atomic E-state index is 0.715. The molecular formula is C16H18N3O+. The summed E-state index contributed by atoms with van der Waals surface area (Å²) in [4.78, 5) is 7.99. The highest BCUT2D eigenvalue weighted by atomic mass is 16.3. The summed E-state index contributed by atoms with van der Waals surface area (Å²) < 4.78 is 5.94. The molecule has 0 saturated heterocycles. The quantitative estimate of drug-likeness (QED) is 0.513. The molecule has 0 unspecified atom stereocenters. The van der Waals surface area contributed by atoms with Gasteiger partial charge in [-0.3, -0.25) is 0 Å². The second kappa shape index (κ2) is 4.63. The van der Waals surface area contributed by atoms with Crippen molar-refractivity contribution < 1.29 is 9.41 Å². The van der Waals surface area contributed by atoms with E-state index >= 15 is 0 Å². The Kier molecular flexibility index (Phi) is 2.93.